The Morgan fingerprint density at radius 2 is 2.00 bits per heavy atom. The van der Waals surface area contributed by atoms with Gasteiger partial charge in [-0.2, -0.15) is 5.26 Å². The lowest BCUT2D eigenvalue weighted by molar-refractivity contribution is 0.447. The van der Waals surface area contributed by atoms with Crippen molar-refractivity contribution >= 4 is 0 Å². The SMILES string of the molecule is CC(Cc1ccccc1)NCc1ccc(C#N)o1. The number of hydrogen-bond donors (Lipinski definition) is 1. The Morgan fingerprint density at radius 3 is 2.67 bits per heavy atom. The van der Waals surface area contributed by atoms with Gasteiger partial charge in [0.25, 0.3) is 0 Å². The lowest BCUT2D eigenvalue weighted by Gasteiger charge is -2.12. The van der Waals surface area contributed by atoms with E-state index >= 15 is 0 Å². The molecule has 1 aromatic carbocycles. The molecule has 3 heteroatoms. The summed E-state index contributed by atoms with van der Waals surface area (Å²) in [5, 5.41) is 12.0. The van der Waals surface area contributed by atoms with Gasteiger partial charge in [0.05, 0.1) is 6.54 Å². The van der Waals surface area contributed by atoms with Crippen LogP contribution in [-0.2, 0) is 13.0 Å². The maximum absolute atomic E-state index is 8.66. The second kappa shape index (κ2) is 6.04. The van der Waals surface area contributed by atoms with Crippen molar-refractivity contribution in [3.05, 3.63) is 59.5 Å². The summed E-state index contributed by atoms with van der Waals surface area (Å²) < 4.78 is 5.31. The van der Waals surface area contributed by atoms with Crippen LogP contribution in [0.2, 0.25) is 0 Å². The fourth-order valence-electron chi connectivity index (χ4n) is 1.85. The summed E-state index contributed by atoms with van der Waals surface area (Å²) in [5.74, 6) is 1.16. The number of rotatable bonds is 5. The molecule has 0 bridgehead atoms. The predicted octanol–water partition coefficient (Wildman–Crippen LogP) is 2.87. The summed E-state index contributed by atoms with van der Waals surface area (Å²) in [6.45, 7) is 2.79. The zero-order valence-electron chi connectivity index (χ0n) is 10.4. The van der Waals surface area contributed by atoms with Crippen LogP contribution in [0.5, 0.6) is 0 Å². The number of hydrogen-bond acceptors (Lipinski definition) is 3. The fraction of sp³-hybridized carbons (Fsp3) is 0.267. The smallest absolute Gasteiger partial charge is 0.203 e. The molecule has 1 unspecified atom stereocenters. The van der Waals surface area contributed by atoms with Crippen molar-refractivity contribution in [1.29, 1.82) is 5.26 Å². The first-order valence-corrected chi connectivity index (χ1v) is 6.04. The zero-order chi connectivity index (χ0) is 12.8. The molecule has 1 heterocycles. The molecular formula is C15H16N2O. The summed E-state index contributed by atoms with van der Waals surface area (Å²) in [5.41, 5.74) is 1.31. The lowest BCUT2D eigenvalue weighted by atomic mass is 10.1. The van der Waals surface area contributed by atoms with Crippen molar-refractivity contribution in [3.63, 3.8) is 0 Å². The number of nitriles is 1. The Kier molecular flexibility index (Phi) is 4.16. The van der Waals surface area contributed by atoms with Crippen LogP contribution >= 0.6 is 0 Å². The topological polar surface area (TPSA) is 49.0 Å². The largest absolute Gasteiger partial charge is 0.449 e. The standard InChI is InChI=1S/C15H16N2O/c1-12(9-13-5-3-2-4-6-13)17-11-15-8-7-14(10-16)18-15/h2-8,12,17H,9,11H2,1H3. The van der Waals surface area contributed by atoms with E-state index in [1.165, 1.54) is 5.56 Å². The minimum absolute atomic E-state index is 0.363. The van der Waals surface area contributed by atoms with Crippen molar-refractivity contribution in [1.82, 2.24) is 5.32 Å². The first-order valence-electron chi connectivity index (χ1n) is 6.04. The Labute approximate surface area is 107 Å². The summed E-state index contributed by atoms with van der Waals surface area (Å²) in [4.78, 5) is 0. The molecule has 0 aliphatic rings. The number of nitrogens with zero attached hydrogens (tertiary/aromatic N) is 1. The van der Waals surface area contributed by atoms with Crippen molar-refractivity contribution in [2.45, 2.75) is 25.9 Å². The van der Waals surface area contributed by atoms with Crippen LogP contribution in [-0.4, -0.2) is 6.04 Å². The first-order chi connectivity index (χ1) is 8.78. The van der Waals surface area contributed by atoms with Crippen molar-refractivity contribution < 1.29 is 4.42 Å². The molecule has 1 aromatic heterocycles. The van der Waals surface area contributed by atoms with E-state index in [1.54, 1.807) is 6.07 Å². The van der Waals surface area contributed by atoms with E-state index in [1.807, 2.05) is 30.3 Å². The first kappa shape index (κ1) is 12.4. The van der Waals surface area contributed by atoms with Gasteiger partial charge in [-0.05, 0) is 31.0 Å². The van der Waals surface area contributed by atoms with Crippen LogP contribution < -0.4 is 5.32 Å². The van der Waals surface area contributed by atoms with E-state index in [4.69, 9.17) is 9.68 Å². The molecule has 3 nitrogen and oxygen atoms in total. The van der Waals surface area contributed by atoms with Gasteiger partial charge in [-0.15, -0.1) is 0 Å². The highest BCUT2D eigenvalue weighted by Gasteiger charge is 2.05. The molecule has 0 saturated carbocycles. The van der Waals surface area contributed by atoms with Gasteiger partial charge in [0.1, 0.15) is 11.8 Å². The Hall–Kier alpha value is -2.05. The van der Waals surface area contributed by atoms with Gasteiger partial charge in [-0.1, -0.05) is 30.3 Å². The number of nitrogens with one attached hydrogen (secondary N) is 1. The van der Waals surface area contributed by atoms with E-state index < -0.39 is 0 Å². The van der Waals surface area contributed by atoms with Gasteiger partial charge in [0.2, 0.25) is 5.76 Å². The summed E-state index contributed by atoms with van der Waals surface area (Å²) >= 11 is 0. The zero-order valence-corrected chi connectivity index (χ0v) is 10.4. The molecular weight excluding hydrogens is 224 g/mol. The van der Waals surface area contributed by atoms with Crippen LogP contribution in [0.3, 0.4) is 0 Å². The average molecular weight is 240 g/mol. The highest BCUT2D eigenvalue weighted by molar-refractivity contribution is 5.19. The van der Waals surface area contributed by atoms with E-state index in [0.717, 1.165) is 12.2 Å². The number of furan rings is 1. The van der Waals surface area contributed by atoms with Crippen LogP contribution in [0.25, 0.3) is 0 Å². The maximum Gasteiger partial charge on any atom is 0.203 e. The van der Waals surface area contributed by atoms with Gasteiger partial charge in [0.15, 0.2) is 0 Å². The van der Waals surface area contributed by atoms with Gasteiger partial charge in [0, 0.05) is 6.04 Å². The van der Waals surface area contributed by atoms with Gasteiger partial charge >= 0.3 is 0 Å². The molecule has 1 N–H and O–H groups in total. The Bertz CT molecular complexity index is 525. The van der Waals surface area contributed by atoms with Crippen LogP contribution in [0.1, 0.15) is 24.0 Å². The molecule has 0 spiro atoms. The minimum Gasteiger partial charge on any atom is -0.449 e. The van der Waals surface area contributed by atoms with Crippen molar-refractivity contribution in [2.24, 2.45) is 0 Å². The highest BCUT2D eigenvalue weighted by Crippen LogP contribution is 2.07. The quantitative estimate of drug-likeness (QED) is 0.874. The van der Waals surface area contributed by atoms with Gasteiger partial charge in [-0.25, -0.2) is 0 Å². The predicted molar refractivity (Wildman–Crippen MR) is 69.9 cm³/mol. The van der Waals surface area contributed by atoms with E-state index in [2.05, 4.69) is 24.4 Å². The molecule has 2 aromatic rings. The second-order valence-corrected chi connectivity index (χ2v) is 4.35. The third-order valence-electron chi connectivity index (χ3n) is 2.78. The third-order valence-corrected chi connectivity index (χ3v) is 2.78. The van der Waals surface area contributed by atoms with Crippen LogP contribution in [0.15, 0.2) is 46.9 Å². The molecule has 1 atom stereocenters. The summed E-state index contributed by atoms with van der Waals surface area (Å²) in [6.07, 6.45) is 0.979. The molecule has 0 aliphatic heterocycles. The number of benzene rings is 1. The molecule has 0 radical (unpaired) electrons. The monoisotopic (exact) mass is 240 g/mol. The molecule has 0 fully saturated rings. The van der Waals surface area contributed by atoms with E-state index in [0.29, 0.717) is 18.3 Å². The molecule has 0 amide bonds. The van der Waals surface area contributed by atoms with Crippen molar-refractivity contribution in [2.75, 3.05) is 0 Å². The Balaban J connectivity index is 1.82. The second-order valence-electron chi connectivity index (χ2n) is 4.35. The molecule has 0 saturated heterocycles. The van der Waals surface area contributed by atoms with Crippen LogP contribution in [0, 0.1) is 11.3 Å². The maximum atomic E-state index is 8.66. The Morgan fingerprint density at radius 1 is 1.22 bits per heavy atom. The van der Waals surface area contributed by atoms with E-state index in [9.17, 15) is 0 Å². The molecule has 0 aliphatic carbocycles. The van der Waals surface area contributed by atoms with Crippen molar-refractivity contribution in [3.8, 4) is 6.07 Å². The molecule has 2 rings (SSSR count). The third kappa shape index (κ3) is 3.47. The molecule has 92 valence electrons. The summed E-state index contributed by atoms with van der Waals surface area (Å²) in [6, 6.07) is 16.2. The van der Waals surface area contributed by atoms with Gasteiger partial charge < -0.3 is 9.73 Å². The lowest BCUT2D eigenvalue weighted by Crippen LogP contribution is -2.27. The minimum atomic E-state index is 0.363. The fourth-order valence-corrected chi connectivity index (χ4v) is 1.85. The average Bonchev–Trinajstić information content (AvgIpc) is 2.85. The highest BCUT2D eigenvalue weighted by atomic mass is 16.3. The summed E-state index contributed by atoms with van der Waals surface area (Å²) in [7, 11) is 0. The van der Waals surface area contributed by atoms with Gasteiger partial charge in [-0.3, -0.25) is 0 Å². The van der Waals surface area contributed by atoms with Crippen LogP contribution in [0.4, 0.5) is 0 Å². The normalized spacial score (nSPS) is 12.0. The van der Waals surface area contributed by atoms with E-state index in [-0.39, 0.29) is 0 Å². The molecule has 18 heavy (non-hydrogen) atoms.